The van der Waals surface area contributed by atoms with Gasteiger partial charge in [-0.2, -0.15) is 0 Å². The Balaban J connectivity index is 1.60. The van der Waals surface area contributed by atoms with Gasteiger partial charge in [-0.3, -0.25) is 9.36 Å². The largest absolute Gasteiger partial charge is 0.352 e. The summed E-state index contributed by atoms with van der Waals surface area (Å²) in [5.74, 6) is -0.435. The molecular formula is C18H16FN3OS. The zero-order valence-corrected chi connectivity index (χ0v) is 13.6. The number of nitrogens with zero attached hydrogens (tertiary/aromatic N) is 1. The summed E-state index contributed by atoms with van der Waals surface area (Å²) in [5, 5.41) is 2.80. The number of rotatable bonds is 5. The Morgan fingerprint density at radius 3 is 2.58 bits per heavy atom. The van der Waals surface area contributed by atoms with Crippen LogP contribution in [-0.4, -0.2) is 22.0 Å². The number of aromatic nitrogens is 2. The number of carbonyl (C=O) groups excluding carboxylic acids is 1. The molecule has 1 aromatic heterocycles. The van der Waals surface area contributed by atoms with E-state index in [2.05, 4.69) is 10.3 Å². The van der Waals surface area contributed by atoms with Crippen LogP contribution in [0, 0.1) is 10.6 Å². The number of hydrogen-bond acceptors (Lipinski definition) is 2. The molecule has 1 heterocycles. The first kappa shape index (κ1) is 16.1. The molecule has 0 aliphatic rings. The van der Waals surface area contributed by atoms with E-state index in [0.29, 0.717) is 28.9 Å². The van der Waals surface area contributed by atoms with Crippen molar-refractivity contribution in [1.82, 2.24) is 14.9 Å². The first-order valence-electron chi connectivity index (χ1n) is 7.53. The summed E-state index contributed by atoms with van der Waals surface area (Å²) in [5.41, 5.74) is 2.02. The number of imidazole rings is 1. The first-order valence-corrected chi connectivity index (χ1v) is 7.94. The van der Waals surface area contributed by atoms with Crippen molar-refractivity contribution < 1.29 is 9.18 Å². The Morgan fingerprint density at radius 2 is 1.92 bits per heavy atom. The lowest BCUT2D eigenvalue weighted by atomic mass is 10.1. The highest BCUT2D eigenvalue weighted by molar-refractivity contribution is 7.71. The SMILES string of the molecule is O=C(NCCc1ccccc1F)c1ccc(-n2cc[nH]c2=S)cc1. The van der Waals surface area contributed by atoms with Crippen molar-refractivity contribution >= 4 is 18.1 Å². The minimum atomic E-state index is -0.251. The van der Waals surface area contributed by atoms with Crippen LogP contribution in [0.25, 0.3) is 5.69 Å². The van der Waals surface area contributed by atoms with E-state index in [-0.39, 0.29) is 11.7 Å². The quantitative estimate of drug-likeness (QED) is 0.696. The fourth-order valence-corrected chi connectivity index (χ4v) is 2.65. The topological polar surface area (TPSA) is 49.8 Å². The summed E-state index contributed by atoms with van der Waals surface area (Å²) < 4.78 is 15.9. The van der Waals surface area contributed by atoms with Crippen LogP contribution in [0.1, 0.15) is 15.9 Å². The Bertz CT molecular complexity index is 899. The number of halogens is 1. The van der Waals surface area contributed by atoms with E-state index in [9.17, 15) is 9.18 Å². The van der Waals surface area contributed by atoms with Gasteiger partial charge in [-0.1, -0.05) is 18.2 Å². The molecule has 24 heavy (non-hydrogen) atoms. The Morgan fingerprint density at radius 1 is 1.17 bits per heavy atom. The molecule has 0 aliphatic heterocycles. The number of benzene rings is 2. The normalized spacial score (nSPS) is 10.5. The van der Waals surface area contributed by atoms with E-state index in [0.717, 1.165) is 5.69 Å². The van der Waals surface area contributed by atoms with Gasteiger partial charge in [0.05, 0.1) is 0 Å². The van der Waals surface area contributed by atoms with Gasteiger partial charge in [0, 0.05) is 30.2 Å². The van der Waals surface area contributed by atoms with Crippen molar-refractivity contribution in [2.45, 2.75) is 6.42 Å². The monoisotopic (exact) mass is 341 g/mol. The number of hydrogen-bond donors (Lipinski definition) is 2. The van der Waals surface area contributed by atoms with Crippen LogP contribution in [0.3, 0.4) is 0 Å². The lowest BCUT2D eigenvalue weighted by molar-refractivity contribution is 0.0954. The number of aromatic amines is 1. The van der Waals surface area contributed by atoms with Gasteiger partial charge in [-0.15, -0.1) is 0 Å². The Hall–Kier alpha value is -2.73. The average Bonchev–Trinajstić information content (AvgIpc) is 3.03. The highest BCUT2D eigenvalue weighted by atomic mass is 32.1. The lowest BCUT2D eigenvalue weighted by Crippen LogP contribution is -2.25. The molecular weight excluding hydrogens is 325 g/mol. The molecule has 6 heteroatoms. The van der Waals surface area contributed by atoms with Gasteiger partial charge >= 0.3 is 0 Å². The zero-order chi connectivity index (χ0) is 16.9. The molecule has 2 aromatic carbocycles. The molecule has 0 radical (unpaired) electrons. The first-order chi connectivity index (χ1) is 11.6. The molecule has 3 rings (SSSR count). The fraction of sp³-hybridized carbons (Fsp3) is 0.111. The second kappa shape index (κ2) is 7.23. The predicted octanol–water partition coefficient (Wildman–Crippen LogP) is 3.65. The van der Waals surface area contributed by atoms with Crippen molar-refractivity contribution in [3.8, 4) is 5.69 Å². The van der Waals surface area contributed by atoms with Crippen LogP contribution in [0.4, 0.5) is 4.39 Å². The standard InChI is InChI=1S/C18H16FN3OS/c19-16-4-2-1-3-13(16)9-10-20-17(23)14-5-7-15(8-6-14)22-12-11-21-18(22)24/h1-8,11-12H,9-10H2,(H,20,23)(H,21,24). The molecule has 3 aromatic rings. The summed E-state index contributed by atoms with van der Waals surface area (Å²) in [6, 6.07) is 13.7. The van der Waals surface area contributed by atoms with E-state index < -0.39 is 0 Å². The third-order valence-electron chi connectivity index (χ3n) is 3.69. The molecule has 122 valence electrons. The molecule has 0 bridgehead atoms. The van der Waals surface area contributed by atoms with Crippen molar-refractivity contribution in [3.05, 3.63) is 82.6 Å². The van der Waals surface area contributed by atoms with Gasteiger partial charge in [0.2, 0.25) is 0 Å². The third kappa shape index (κ3) is 3.60. The lowest BCUT2D eigenvalue weighted by Gasteiger charge is -2.07. The van der Waals surface area contributed by atoms with Crippen molar-refractivity contribution in [1.29, 1.82) is 0 Å². The summed E-state index contributed by atoms with van der Waals surface area (Å²) in [7, 11) is 0. The Kier molecular flexibility index (Phi) is 4.86. The minimum absolute atomic E-state index is 0.185. The molecule has 0 saturated heterocycles. The maximum Gasteiger partial charge on any atom is 0.251 e. The van der Waals surface area contributed by atoms with Gasteiger partial charge < -0.3 is 10.3 Å². The highest BCUT2D eigenvalue weighted by Gasteiger charge is 2.07. The minimum Gasteiger partial charge on any atom is -0.352 e. The van der Waals surface area contributed by atoms with Crippen molar-refractivity contribution in [2.75, 3.05) is 6.54 Å². The molecule has 0 spiro atoms. The van der Waals surface area contributed by atoms with E-state index in [1.54, 1.807) is 36.5 Å². The predicted molar refractivity (Wildman–Crippen MR) is 93.4 cm³/mol. The van der Waals surface area contributed by atoms with Gasteiger partial charge in [0.25, 0.3) is 5.91 Å². The summed E-state index contributed by atoms with van der Waals surface area (Å²) >= 11 is 5.16. The molecule has 0 atom stereocenters. The zero-order valence-electron chi connectivity index (χ0n) is 12.8. The fourth-order valence-electron chi connectivity index (χ4n) is 2.41. The van der Waals surface area contributed by atoms with E-state index in [1.165, 1.54) is 6.07 Å². The number of nitrogens with one attached hydrogen (secondary N) is 2. The number of H-pyrrole nitrogens is 1. The molecule has 2 N–H and O–H groups in total. The Labute approximate surface area is 144 Å². The average molecular weight is 341 g/mol. The van der Waals surface area contributed by atoms with Gasteiger partial charge in [-0.25, -0.2) is 4.39 Å². The van der Waals surface area contributed by atoms with E-state index in [1.807, 2.05) is 22.9 Å². The maximum absolute atomic E-state index is 13.5. The molecule has 0 aliphatic carbocycles. The molecule has 0 fully saturated rings. The van der Waals surface area contributed by atoms with Crippen LogP contribution < -0.4 is 5.32 Å². The van der Waals surface area contributed by atoms with Crippen LogP contribution in [0.15, 0.2) is 60.9 Å². The third-order valence-corrected chi connectivity index (χ3v) is 4.01. The van der Waals surface area contributed by atoms with Gasteiger partial charge in [-0.05, 0) is 54.5 Å². The van der Waals surface area contributed by atoms with E-state index in [4.69, 9.17) is 12.2 Å². The summed E-state index contributed by atoms with van der Waals surface area (Å²) in [6.07, 6.45) is 4.03. The van der Waals surface area contributed by atoms with Gasteiger partial charge in [0.15, 0.2) is 4.77 Å². The molecule has 0 saturated carbocycles. The molecule has 4 nitrogen and oxygen atoms in total. The van der Waals surface area contributed by atoms with Crippen molar-refractivity contribution in [3.63, 3.8) is 0 Å². The number of carbonyl (C=O) groups is 1. The van der Waals surface area contributed by atoms with Crippen molar-refractivity contribution in [2.24, 2.45) is 0 Å². The van der Waals surface area contributed by atoms with Crippen LogP contribution in [0.5, 0.6) is 0 Å². The second-order valence-electron chi connectivity index (χ2n) is 5.28. The van der Waals surface area contributed by atoms with E-state index >= 15 is 0 Å². The van der Waals surface area contributed by atoms with Crippen LogP contribution in [-0.2, 0) is 6.42 Å². The smallest absolute Gasteiger partial charge is 0.251 e. The summed E-state index contributed by atoms with van der Waals surface area (Å²) in [6.45, 7) is 0.379. The van der Waals surface area contributed by atoms with Gasteiger partial charge in [0.1, 0.15) is 5.82 Å². The number of amides is 1. The molecule has 0 unspecified atom stereocenters. The highest BCUT2D eigenvalue weighted by Crippen LogP contribution is 2.11. The maximum atomic E-state index is 13.5. The second-order valence-corrected chi connectivity index (χ2v) is 5.67. The summed E-state index contributed by atoms with van der Waals surface area (Å²) in [4.78, 5) is 15.1. The molecule has 1 amide bonds. The van der Waals surface area contributed by atoms with Crippen LogP contribution >= 0.6 is 12.2 Å². The van der Waals surface area contributed by atoms with Crippen LogP contribution in [0.2, 0.25) is 0 Å².